The lowest BCUT2D eigenvalue weighted by Gasteiger charge is -2.09. The fourth-order valence-electron chi connectivity index (χ4n) is 1.29. The molecular formula is C12H14ClNO3. The zero-order valence-electron chi connectivity index (χ0n) is 9.66. The Kier molecular flexibility index (Phi) is 4.52. The number of hydrogen-bond acceptors (Lipinski definition) is 2. The first-order valence-electron chi connectivity index (χ1n) is 5.17. The first-order chi connectivity index (χ1) is 7.90. The largest absolute Gasteiger partial charge is 0.480 e. The van der Waals surface area contributed by atoms with Crippen molar-refractivity contribution in [1.82, 2.24) is 5.32 Å². The van der Waals surface area contributed by atoms with Gasteiger partial charge in [0, 0.05) is 5.02 Å². The van der Waals surface area contributed by atoms with Crippen LogP contribution in [-0.2, 0) is 16.0 Å². The molecule has 1 aromatic rings. The Labute approximate surface area is 105 Å². The first kappa shape index (κ1) is 13.5. The van der Waals surface area contributed by atoms with Crippen LogP contribution in [0.1, 0.15) is 18.1 Å². The summed E-state index contributed by atoms with van der Waals surface area (Å²) in [7, 11) is 0. The Balaban J connectivity index is 2.62. The van der Waals surface area contributed by atoms with Gasteiger partial charge in [-0.1, -0.05) is 23.7 Å². The summed E-state index contributed by atoms with van der Waals surface area (Å²) in [4.78, 5) is 22.1. The summed E-state index contributed by atoms with van der Waals surface area (Å²) in [5, 5.41) is 11.6. The van der Waals surface area contributed by atoms with Crippen LogP contribution < -0.4 is 5.32 Å². The highest BCUT2D eigenvalue weighted by molar-refractivity contribution is 6.31. The summed E-state index contributed by atoms with van der Waals surface area (Å²) in [6, 6.07) is 4.45. The Morgan fingerprint density at radius 3 is 2.65 bits per heavy atom. The van der Waals surface area contributed by atoms with E-state index in [4.69, 9.17) is 16.7 Å². The molecule has 0 fully saturated rings. The Bertz CT molecular complexity index is 445. The van der Waals surface area contributed by atoms with Crippen LogP contribution in [0.4, 0.5) is 0 Å². The number of carbonyl (C=O) groups is 2. The molecule has 0 saturated carbocycles. The number of rotatable bonds is 4. The fourth-order valence-corrected chi connectivity index (χ4v) is 1.49. The van der Waals surface area contributed by atoms with Gasteiger partial charge in [0.15, 0.2) is 0 Å². The molecule has 2 N–H and O–H groups in total. The van der Waals surface area contributed by atoms with E-state index in [2.05, 4.69) is 5.32 Å². The smallest absolute Gasteiger partial charge is 0.325 e. The number of hydrogen-bond donors (Lipinski definition) is 2. The standard InChI is InChI=1S/C12H14ClNO3/c1-7-3-4-9(5-10(7)13)6-11(15)14-8(2)12(16)17/h3-5,8H,6H2,1-2H3,(H,14,15)(H,16,17)/t8-/m0/s1. The van der Waals surface area contributed by atoms with Crippen molar-refractivity contribution in [3.8, 4) is 0 Å². The summed E-state index contributed by atoms with van der Waals surface area (Å²) < 4.78 is 0. The van der Waals surface area contributed by atoms with Crippen LogP contribution in [0, 0.1) is 6.92 Å². The summed E-state index contributed by atoms with van der Waals surface area (Å²) >= 11 is 5.93. The van der Waals surface area contributed by atoms with E-state index in [-0.39, 0.29) is 12.3 Å². The lowest BCUT2D eigenvalue weighted by atomic mass is 10.1. The third-order valence-electron chi connectivity index (χ3n) is 2.35. The maximum Gasteiger partial charge on any atom is 0.325 e. The molecule has 0 saturated heterocycles. The van der Waals surface area contributed by atoms with Crippen molar-refractivity contribution in [2.45, 2.75) is 26.3 Å². The van der Waals surface area contributed by atoms with Gasteiger partial charge in [-0.25, -0.2) is 0 Å². The van der Waals surface area contributed by atoms with Crippen molar-refractivity contribution < 1.29 is 14.7 Å². The minimum Gasteiger partial charge on any atom is -0.480 e. The molecule has 1 amide bonds. The molecule has 0 unspecified atom stereocenters. The topological polar surface area (TPSA) is 66.4 Å². The highest BCUT2D eigenvalue weighted by Gasteiger charge is 2.14. The van der Waals surface area contributed by atoms with Gasteiger partial charge in [0.25, 0.3) is 0 Å². The number of carboxylic acids is 1. The van der Waals surface area contributed by atoms with Crippen LogP contribution in [0.3, 0.4) is 0 Å². The van der Waals surface area contributed by atoms with Gasteiger partial charge in [-0.3, -0.25) is 9.59 Å². The van der Waals surface area contributed by atoms with E-state index < -0.39 is 12.0 Å². The Morgan fingerprint density at radius 1 is 1.47 bits per heavy atom. The maximum atomic E-state index is 11.5. The molecule has 0 heterocycles. The zero-order valence-corrected chi connectivity index (χ0v) is 10.4. The van der Waals surface area contributed by atoms with Crippen LogP contribution in [0.25, 0.3) is 0 Å². The molecule has 92 valence electrons. The molecule has 1 atom stereocenters. The number of aryl methyl sites for hydroxylation is 1. The number of carboxylic acid groups (broad SMARTS) is 1. The number of nitrogens with one attached hydrogen (secondary N) is 1. The van der Waals surface area contributed by atoms with Crippen molar-refractivity contribution >= 4 is 23.5 Å². The maximum absolute atomic E-state index is 11.5. The predicted octanol–water partition coefficient (Wildman–Crippen LogP) is 1.78. The number of carbonyl (C=O) groups excluding carboxylic acids is 1. The molecule has 0 aliphatic rings. The quantitative estimate of drug-likeness (QED) is 0.862. The second kappa shape index (κ2) is 5.68. The molecule has 17 heavy (non-hydrogen) atoms. The minimum atomic E-state index is -1.06. The van der Waals surface area contributed by atoms with Gasteiger partial charge in [0.05, 0.1) is 6.42 Å². The molecule has 0 spiro atoms. The summed E-state index contributed by atoms with van der Waals surface area (Å²) in [6.07, 6.45) is 0.123. The van der Waals surface area contributed by atoms with Crippen LogP contribution >= 0.6 is 11.6 Å². The van der Waals surface area contributed by atoms with E-state index in [1.165, 1.54) is 6.92 Å². The highest BCUT2D eigenvalue weighted by Crippen LogP contribution is 2.16. The van der Waals surface area contributed by atoms with Crippen molar-refractivity contribution in [1.29, 1.82) is 0 Å². The van der Waals surface area contributed by atoms with Crippen molar-refractivity contribution in [2.75, 3.05) is 0 Å². The van der Waals surface area contributed by atoms with E-state index >= 15 is 0 Å². The van der Waals surface area contributed by atoms with Crippen molar-refractivity contribution in [3.05, 3.63) is 34.3 Å². The third kappa shape index (κ3) is 4.07. The second-order valence-electron chi connectivity index (χ2n) is 3.89. The van der Waals surface area contributed by atoms with Gasteiger partial charge < -0.3 is 10.4 Å². The monoisotopic (exact) mass is 255 g/mol. The van der Waals surface area contributed by atoms with Crippen molar-refractivity contribution in [2.24, 2.45) is 0 Å². The van der Waals surface area contributed by atoms with Gasteiger partial charge in [0.1, 0.15) is 6.04 Å². The molecule has 5 heteroatoms. The molecule has 0 aromatic heterocycles. The average molecular weight is 256 g/mol. The summed E-state index contributed by atoms with van der Waals surface area (Å²) in [6.45, 7) is 3.29. The zero-order chi connectivity index (χ0) is 13.0. The van der Waals surface area contributed by atoms with Gasteiger partial charge in [-0.2, -0.15) is 0 Å². The normalized spacial score (nSPS) is 11.9. The summed E-state index contributed by atoms with van der Waals surface area (Å²) in [5.41, 5.74) is 1.70. The molecular weight excluding hydrogens is 242 g/mol. The fraction of sp³-hybridized carbons (Fsp3) is 0.333. The van der Waals surface area contributed by atoms with Gasteiger partial charge in [-0.15, -0.1) is 0 Å². The van der Waals surface area contributed by atoms with E-state index in [9.17, 15) is 9.59 Å². The number of benzene rings is 1. The van der Waals surface area contributed by atoms with Gasteiger partial charge in [0.2, 0.25) is 5.91 Å². The SMILES string of the molecule is Cc1ccc(CC(=O)N[C@@H](C)C(=O)O)cc1Cl. The van der Waals surface area contributed by atoms with E-state index in [0.29, 0.717) is 5.02 Å². The first-order valence-corrected chi connectivity index (χ1v) is 5.55. The van der Waals surface area contributed by atoms with Crippen LogP contribution in [0.5, 0.6) is 0 Å². The Hall–Kier alpha value is -1.55. The Morgan fingerprint density at radius 2 is 2.12 bits per heavy atom. The van der Waals surface area contributed by atoms with Crippen molar-refractivity contribution in [3.63, 3.8) is 0 Å². The molecule has 1 aromatic carbocycles. The van der Waals surface area contributed by atoms with Crippen LogP contribution in [0.15, 0.2) is 18.2 Å². The van der Waals surface area contributed by atoms with E-state index in [1.807, 2.05) is 13.0 Å². The van der Waals surface area contributed by atoms with Crippen LogP contribution in [0.2, 0.25) is 5.02 Å². The van der Waals surface area contributed by atoms with Crippen LogP contribution in [-0.4, -0.2) is 23.0 Å². The summed E-state index contributed by atoms with van der Waals surface area (Å²) in [5.74, 6) is -1.39. The number of amides is 1. The molecule has 0 radical (unpaired) electrons. The van der Waals surface area contributed by atoms with Gasteiger partial charge in [-0.05, 0) is 31.0 Å². The van der Waals surface area contributed by atoms with E-state index in [0.717, 1.165) is 11.1 Å². The number of halogens is 1. The minimum absolute atomic E-state index is 0.123. The van der Waals surface area contributed by atoms with E-state index in [1.54, 1.807) is 12.1 Å². The second-order valence-corrected chi connectivity index (χ2v) is 4.29. The lowest BCUT2D eigenvalue weighted by molar-refractivity contribution is -0.141. The lowest BCUT2D eigenvalue weighted by Crippen LogP contribution is -2.39. The predicted molar refractivity (Wildman–Crippen MR) is 65.1 cm³/mol. The highest BCUT2D eigenvalue weighted by atomic mass is 35.5. The third-order valence-corrected chi connectivity index (χ3v) is 2.76. The molecule has 0 aliphatic carbocycles. The molecule has 0 aliphatic heterocycles. The number of aliphatic carboxylic acids is 1. The van der Waals surface area contributed by atoms with Gasteiger partial charge >= 0.3 is 5.97 Å². The average Bonchev–Trinajstić information content (AvgIpc) is 2.23. The molecule has 1 rings (SSSR count). The molecule has 4 nitrogen and oxygen atoms in total. The molecule has 0 bridgehead atoms.